The Bertz CT molecular complexity index is 753. The number of carbonyl (C=O) groups is 1. The number of piperidine rings is 1. The quantitative estimate of drug-likeness (QED) is 0.830. The summed E-state index contributed by atoms with van der Waals surface area (Å²) >= 11 is 0. The number of hydrogen-bond acceptors (Lipinski definition) is 6. The van der Waals surface area contributed by atoms with Crippen molar-refractivity contribution in [1.82, 2.24) is 25.5 Å². The lowest BCUT2D eigenvalue weighted by atomic mass is 10.1. The number of aromatic amines is 1. The maximum absolute atomic E-state index is 12.4. The first-order valence-corrected chi connectivity index (χ1v) is 7.78. The summed E-state index contributed by atoms with van der Waals surface area (Å²) < 4.78 is 0. The van der Waals surface area contributed by atoms with E-state index < -0.39 is 0 Å². The number of carbonyl (C=O) groups excluding carboxylic acids is 1. The Morgan fingerprint density at radius 1 is 1.25 bits per heavy atom. The molecule has 2 aromatic rings. The lowest BCUT2D eigenvalue weighted by Gasteiger charge is -2.26. The second-order valence-corrected chi connectivity index (χ2v) is 5.48. The predicted molar refractivity (Wildman–Crippen MR) is 87.6 cm³/mol. The number of rotatable bonds is 4. The smallest absolute Gasteiger partial charge is 0.253 e. The van der Waals surface area contributed by atoms with Gasteiger partial charge in [0.1, 0.15) is 11.6 Å². The number of nitriles is 1. The van der Waals surface area contributed by atoms with Crippen molar-refractivity contribution in [3.8, 4) is 6.07 Å². The average Bonchev–Trinajstić information content (AvgIpc) is 3.17. The van der Waals surface area contributed by atoms with Gasteiger partial charge in [-0.25, -0.2) is 0 Å². The van der Waals surface area contributed by atoms with Crippen molar-refractivity contribution < 1.29 is 4.79 Å². The molecule has 2 N–H and O–H groups in total. The molecule has 3 rings (SSSR count). The van der Waals surface area contributed by atoms with Crippen molar-refractivity contribution in [3.63, 3.8) is 0 Å². The molecule has 0 unspecified atom stereocenters. The number of anilines is 1. The minimum atomic E-state index is 0.0707. The summed E-state index contributed by atoms with van der Waals surface area (Å²) in [7, 11) is 0. The van der Waals surface area contributed by atoms with Crippen LogP contribution in [0.1, 0.15) is 35.4 Å². The first-order chi connectivity index (χ1) is 11.8. The summed E-state index contributed by atoms with van der Waals surface area (Å²) in [6.45, 7) is 1.66. The summed E-state index contributed by atoms with van der Waals surface area (Å²) in [6, 6.07) is 9.18. The summed E-state index contributed by atoms with van der Waals surface area (Å²) in [5.41, 5.74) is 1.70. The standard InChI is InChI=1S/C16H17N7O/c17-10-13(15-19-21-22-20-15)11-18-14-6-4-12(5-7-14)16(24)23-8-2-1-3-9-23/h4-7,11,18H,1-3,8-9H2,(H,19,20,21,22). The molecular formula is C16H17N7O. The van der Waals surface area contributed by atoms with Crippen molar-refractivity contribution in [2.45, 2.75) is 19.3 Å². The molecule has 1 fully saturated rings. The number of hydrogen-bond donors (Lipinski definition) is 2. The fourth-order valence-electron chi connectivity index (χ4n) is 2.57. The zero-order valence-electron chi connectivity index (χ0n) is 13.1. The number of nitrogens with one attached hydrogen (secondary N) is 2. The monoisotopic (exact) mass is 323 g/mol. The first-order valence-electron chi connectivity index (χ1n) is 7.78. The second-order valence-electron chi connectivity index (χ2n) is 5.48. The zero-order chi connectivity index (χ0) is 16.8. The van der Waals surface area contributed by atoms with Crippen LogP contribution in [0.3, 0.4) is 0 Å². The molecule has 24 heavy (non-hydrogen) atoms. The van der Waals surface area contributed by atoms with E-state index in [0.717, 1.165) is 31.6 Å². The van der Waals surface area contributed by atoms with Crippen LogP contribution in [0.25, 0.3) is 5.57 Å². The van der Waals surface area contributed by atoms with Crippen LogP contribution in [0, 0.1) is 11.3 Å². The lowest BCUT2D eigenvalue weighted by Crippen LogP contribution is -2.35. The molecule has 122 valence electrons. The van der Waals surface area contributed by atoms with Crippen LogP contribution >= 0.6 is 0 Å². The molecule has 0 atom stereocenters. The number of amides is 1. The number of H-pyrrole nitrogens is 1. The minimum Gasteiger partial charge on any atom is -0.360 e. The first kappa shape index (κ1) is 15.7. The SMILES string of the molecule is N#CC(=CNc1ccc(C(=O)N2CCCCC2)cc1)c1nn[nH]n1. The highest BCUT2D eigenvalue weighted by Crippen LogP contribution is 2.16. The van der Waals surface area contributed by atoms with Crippen molar-refractivity contribution >= 4 is 17.2 Å². The Hall–Kier alpha value is -3.21. The number of likely N-dealkylation sites (tertiary alicyclic amines) is 1. The fourth-order valence-corrected chi connectivity index (χ4v) is 2.57. The molecule has 1 aliphatic rings. The van der Waals surface area contributed by atoms with E-state index in [9.17, 15) is 4.79 Å². The topological polar surface area (TPSA) is 111 Å². The molecule has 1 amide bonds. The molecule has 0 spiro atoms. The van der Waals surface area contributed by atoms with Crippen LogP contribution in [0.15, 0.2) is 30.5 Å². The molecule has 8 nitrogen and oxygen atoms in total. The van der Waals surface area contributed by atoms with E-state index in [-0.39, 0.29) is 17.3 Å². The largest absolute Gasteiger partial charge is 0.360 e. The highest BCUT2D eigenvalue weighted by atomic mass is 16.2. The van der Waals surface area contributed by atoms with Gasteiger partial charge in [-0.1, -0.05) is 0 Å². The summed E-state index contributed by atoms with van der Waals surface area (Å²) in [4.78, 5) is 14.3. The predicted octanol–water partition coefficient (Wildman–Crippen LogP) is 1.80. The van der Waals surface area contributed by atoms with E-state index in [4.69, 9.17) is 5.26 Å². The van der Waals surface area contributed by atoms with Crippen LogP contribution in [0.2, 0.25) is 0 Å². The van der Waals surface area contributed by atoms with Gasteiger partial charge in [-0.15, -0.1) is 10.2 Å². The fraction of sp³-hybridized carbons (Fsp3) is 0.312. The maximum Gasteiger partial charge on any atom is 0.253 e. The van der Waals surface area contributed by atoms with Gasteiger partial charge < -0.3 is 10.2 Å². The van der Waals surface area contributed by atoms with E-state index in [1.807, 2.05) is 11.0 Å². The molecule has 0 radical (unpaired) electrons. The second kappa shape index (κ2) is 7.37. The highest BCUT2D eigenvalue weighted by molar-refractivity contribution is 5.94. The number of tetrazole rings is 1. The Morgan fingerprint density at radius 2 is 2.00 bits per heavy atom. The van der Waals surface area contributed by atoms with Gasteiger partial charge in [0.05, 0.1) is 0 Å². The number of benzene rings is 1. The molecule has 1 aromatic heterocycles. The summed E-state index contributed by atoms with van der Waals surface area (Å²) in [6.07, 6.45) is 4.85. The number of aromatic nitrogens is 4. The molecule has 1 aliphatic heterocycles. The third kappa shape index (κ3) is 3.57. The molecule has 2 heterocycles. The Morgan fingerprint density at radius 3 is 2.62 bits per heavy atom. The summed E-state index contributed by atoms with van der Waals surface area (Å²) in [5, 5.41) is 25.4. The van der Waals surface area contributed by atoms with Crippen molar-refractivity contribution in [1.29, 1.82) is 5.26 Å². The third-order valence-electron chi connectivity index (χ3n) is 3.86. The molecule has 8 heteroatoms. The van der Waals surface area contributed by atoms with E-state index in [0.29, 0.717) is 5.56 Å². The van der Waals surface area contributed by atoms with Gasteiger partial charge in [-0.3, -0.25) is 4.79 Å². The van der Waals surface area contributed by atoms with Crippen molar-refractivity contribution in [2.75, 3.05) is 18.4 Å². The Kier molecular flexibility index (Phi) is 4.81. The van der Waals surface area contributed by atoms with Crippen molar-refractivity contribution in [2.24, 2.45) is 0 Å². The number of allylic oxidation sites excluding steroid dienone is 1. The average molecular weight is 323 g/mol. The van der Waals surface area contributed by atoms with Crippen LogP contribution in [-0.2, 0) is 0 Å². The Balaban J connectivity index is 1.66. The minimum absolute atomic E-state index is 0.0707. The van der Waals surface area contributed by atoms with E-state index >= 15 is 0 Å². The molecule has 1 aromatic carbocycles. The molecule has 0 saturated carbocycles. The van der Waals surface area contributed by atoms with Gasteiger partial charge in [0.15, 0.2) is 0 Å². The van der Waals surface area contributed by atoms with E-state index in [2.05, 4.69) is 25.9 Å². The van der Waals surface area contributed by atoms with Crippen LogP contribution in [0.4, 0.5) is 5.69 Å². The molecular weight excluding hydrogens is 306 g/mol. The van der Waals surface area contributed by atoms with Crippen molar-refractivity contribution in [3.05, 3.63) is 41.9 Å². The van der Waals surface area contributed by atoms with Gasteiger partial charge in [-0.05, 0) is 48.7 Å². The third-order valence-corrected chi connectivity index (χ3v) is 3.86. The molecule has 0 bridgehead atoms. The van der Waals surface area contributed by atoms with Crippen LogP contribution < -0.4 is 5.32 Å². The number of nitrogens with zero attached hydrogens (tertiary/aromatic N) is 5. The normalized spacial score (nSPS) is 15.0. The van der Waals surface area contributed by atoms with Gasteiger partial charge in [-0.2, -0.15) is 10.5 Å². The lowest BCUT2D eigenvalue weighted by molar-refractivity contribution is 0.0724. The van der Waals surface area contributed by atoms with Gasteiger partial charge >= 0.3 is 0 Å². The molecule has 1 saturated heterocycles. The van der Waals surface area contributed by atoms with Gasteiger partial charge in [0.2, 0.25) is 5.82 Å². The van der Waals surface area contributed by atoms with Crippen LogP contribution in [0.5, 0.6) is 0 Å². The van der Waals surface area contributed by atoms with Gasteiger partial charge in [0, 0.05) is 30.5 Å². The van der Waals surface area contributed by atoms with E-state index in [1.54, 1.807) is 24.3 Å². The Labute approximate surface area is 139 Å². The zero-order valence-corrected chi connectivity index (χ0v) is 13.1. The van der Waals surface area contributed by atoms with Crippen LogP contribution in [-0.4, -0.2) is 44.5 Å². The maximum atomic E-state index is 12.4. The van der Waals surface area contributed by atoms with Gasteiger partial charge in [0.25, 0.3) is 5.91 Å². The van der Waals surface area contributed by atoms with E-state index in [1.165, 1.54) is 12.6 Å². The summed E-state index contributed by atoms with van der Waals surface area (Å²) in [5.74, 6) is 0.295. The highest BCUT2D eigenvalue weighted by Gasteiger charge is 2.17. The molecule has 0 aliphatic carbocycles.